The summed E-state index contributed by atoms with van der Waals surface area (Å²) in [5, 5.41) is 3.54. The van der Waals surface area contributed by atoms with Gasteiger partial charge >= 0.3 is 0 Å². The van der Waals surface area contributed by atoms with Crippen LogP contribution in [0.2, 0.25) is 0 Å². The fourth-order valence-corrected chi connectivity index (χ4v) is 2.15. The molecule has 108 valence electrons. The van der Waals surface area contributed by atoms with Crippen LogP contribution in [0.15, 0.2) is 22.9 Å². The van der Waals surface area contributed by atoms with Crippen molar-refractivity contribution in [3.8, 4) is 0 Å². The molecule has 0 radical (unpaired) electrons. The van der Waals surface area contributed by atoms with Crippen molar-refractivity contribution >= 4 is 15.9 Å². The van der Waals surface area contributed by atoms with E-state index in [9.17, 15) is 0 Å². The summed E-state index contributed by atoms with van der Waals surface area (Å²) in [4.78, 5) is 4.21. The first-order valence-electron chi connectivity index (χ1n) is 6.87. The maximum absolute atomic E-state index is 5.90. The monoisotopic (exact) mass is 328 g/mol. The van der Waals surface area contributed by atoms with Gasteiger partial charge in [0.15, 0.2) is 0 Å². The van der Waals surface area contributed by atoms with Crippen molar-refractivity contribution in [2.75, 3.05) is 13.2 Å². The van der Waals surface area contributed by atoms with Gasteiger partial charge in [-0.15, -0.1) is 0 Å². The van der Waals surface area contributed by atoms with Gasteiger partial charge in [0.05, 0.1) is 12.2 Å². The molecule has 4 heteroatoms. The number of nitrogens with zero attached hydrogens (tertiary/aromatic N) is 1. The summed E-state index contributed by atoms with van der Waals surface area (Å²) in [7, 11) is 0. The van der Waals surface area contributed by atoms with E-state index in [0.717, 1.165) is 30.5 Å². The van der Waals surface area contributed by atoms with Crippen LogP contribution in [-0.4, -0.2) is 29.8 Å². The smallest absolute Gasteiger partial charge is 0.0630 e. The Morgan fingerprint density at radius 1 is 1.37 bits per heavy atom. The maximum Gasteiger partial charge on any atom is 0.0630 e. The van der Waals surface area contributed by atoms with E-state index in [1.165, 1.54) is 5.56 Å². The Labute approximate surface area is 125 Å². The summed E-state index contributed by atoms with van der Waals surface area (Å²) in [6, 6.07) is 2.44. The van der Waals surface area contributed by atoms with E-state index in [0.29, 0.717) is 6.04 Å². The summed E-state index contributed by atoms with van der Waals surface area (Å²) >= 11 is 3.46. The van der Waals surface area contributed by atoms with E-state index < -0.39 is 0 Å². The Balaban J connectivity index is 2.58. The molecule has 1 rings (SSSR count). The molecule has 0 bridgehead atoms. The molecule has 0 fully saturated rings. The zero-order chi connectivity index (χ0) is 14.3. The maximum atomic E-state index is 5.90. The summed E-state index contributed by atoms with van der Waals surface area (Å²) < 4.78 is 6.92. The molecule has 3 nitrogen and oxygen atoms in total. The zero-order valence-electron chi connectivity index (χ0n) is 12.4. The first-order chi connectivity index (χ1) is 8.90. The highest BCUT2D eigenvalue weighted by Crippen LogP contribution is 2.13. The van der Waals surface area contributed by atoms with E-state index in [2.05, 4.69) is 60.0 Å². The third kappa shape index (κ3) is 7.65. The Morgan fingerprint density at radius 2 is 2.11 bits per heavy atom. The van der Waals surface area contributed by atoms with E-state index in [-0.39, 0.29) is 5.60 Å². The molecule has 1 aromatic rings. The van der Waals surface area contributed by atoms with Crippen LogP contribution in [0.25, 0.3) is 0 Å². The number of nitrogens with one attached hydrogen (secondary N) is 1. The first-order valence-corrected chi connectivity index (χ1v) is 7.67. The molecule has 0 saturated heterocycles. The van der Waals surface area contributed by atoms with Gasteiger partial charge in [-0.1, -0.05) is 6.92 Å². The quantitative estimate of drug-likeness (QED) is 0.830. The Hall–Kier alpha value is -0.450. The largest absolute Gasteiger partial charge is 0.374 e. The second-order valence-electron chi connectivity index (χ2n) is 5.79. The summed E-state index contributed by atoms with van der Waals surface area (Å²) in [6.07, 6.45) is 5.79. The predicted octanol–water partition coefficient (Wildman–Crippen LogP) is 3.57. The van der Waals surface area contributed by atoms with Crippen LogP contribution in [0.1, 0.15) is 39.7 Å². The molecule has 1 unspecified atom stereocenters. The van der Waals surface area contributed by atoms with E-state index in [1.54, 1.807) is 0 Å². The lowest BCUT2D eigenvalue weighted by atomic mass is 10.1. The normalized spacial score (nSPS) is 13.5. The third-order valence-electron chi connectivity index (χ3n) is 2.64. The topological polar surface area (TPSA) is 34.1 Å². The molecule has 0 aliphatic carbocycles. The van der Waals surface area contributed by atoms with Gasteiger partial charge in [0.2, 0.25) is 0 Å². The molecule has 19 heavy (non-hydrogen) atoms. The van der Waals surface area contributed by atoms with Crippen LogP contribution in [0.5, 0.6) is 0 Å². The summed E-state index contributed by atoms with van der Waals surface area (Å²) in [5.74, 6) is 0. The number of rotatable bonds is 7. The van der Waals surface area contributed by atoms with Crippen LogP contribution in [0.3, 0.4) is 0 Å². The number of halogens is 1. The zero-order valence-corrected chi connectivity index (χ0v) is 14.0. The molecule has 0 aliphatic rings. The van der Waals surface area contributed by atoms with Gasteiger partial charge in [-0.3, -0.25) is 4.98 Å². The molecule has 1 aromatic heterocycles. The second kappa shape index (κ2) is 7.98. The summed E-state index contributed by atoms with van der Waals surface area (Å²) in [6.45, 7) is 10.2. The molecule has 1 atom stereocenters. The van der Waals surface area contributed by atoms with E-state index >= 15 is 0 Å². The van der Waals surface area contributed by atoms with Crippen LogP contribution >= 0.6 is 15.9 Å². The van der Waals surface area contributed by atoms with E-state index in [1.807, 2.05) is 12.4 Å². The number of ether oxygens (including phenoxy) is 1. The van der Waals surface area contributed by atoms with Gasteiger partial charge in [0.1, 0.15) is 0 Å². The van der Waals surface area contributed by atoms with Crippen molar-refractivity contribution in [2.45, 2.75) is 52.2 Å². The molecular weight excluding hydrogens is 304 g/mol. The van der Waals surface area contributed by atoms with Crippen molar-refractivity contribution < 1.29 is 4.74 Å². The molecule has 0 spiro atoms. The Kier molecular flexibility index (Phi) is 6.97. The van der Waals surface area contributed by atoms with Crippen molar-refractivity contribution in [3.63, 3.8) is 0 Å². The Bertz CT molecular complexity index is 377. The molecular formula is C15H25BrN2O. The van der Waals surface area contributed by atoms with Crippen LogP contribution in [-0.2, 0) is 11.2 Å². The van der Waals surface area contributed by atoms with E-state index in [4.69, 9.17) is 4.74 Å². The number of hydrogen-bond acceptors (Lipinski definition) is 3. The van der Waals surface area contributed by atoms with Crippen molar-refractivity contribution in [1.29, 1.82) is 0 Å². The third-order valence-corrected chi connectivity index (χ3v) is 3.08. The molecule has 0 amide bonds. The summed E-state index contributed by atoms with van der Waals surface area (Å²) in [5.41, 5.74) is 1.13. The van der Waals surface area contributed by atoms with Gasteiger partial charge in [0, 0.05) is 22.9 Å². The van der Waals surface area contributed by atoms with Crippen LogP contribution in [0, 0.1) is 0 Å². The van der Waals surface area contributed by atoms with Crippen LogP contribution < -0.4 is 5.32 Å². The first kappa shape index (κ1) is 16.6. The van der Waals surface area contributed by atoms with Gasteiger partial charge in [-0.2, -0.15) is 0 Å². The molecule has 0 aromatic carbocycles. The minimum atomic E-state index is -0.0956. The van der Waals surface area contributed by atoms with Gasteiger partial charge in [-0.05, 0) is 67.7 Å². The average Bonchev–Trinajstić information content (AvgIpc) is 2.31. The number of hydrogen-bond donors (Lipinski definition) is 1. The minimum Gasteiger partial charge on any atom is -0.374 e. The molecule has 1 N–H and O–H groups in total. The average molecular weight is 329 g/mol. The van der Waals surface area contributed by atoms with Gasteiger partial charge in [0.25, 0.3) is 0 Å². The Morgan fingerprint density at radius 3 is 2.68 bits per heavy atom. The second-order valence-corrected chi connectivity index (χ2v) is 6.71. The fraction of sp³-hybridized carbons (Fsp3) is 0.667. The van der Waals surface area contributed by atoms with Crippen LogP contribution in [0.4, 0.5) is 0 Å². The standard InChI is InChI=1S/C15H25BrN2O/c1-5-6-18-14(11-19-15(2,3)4)8-12-7-13(16)10-17-9-12/h7,9-10,14,18H,5-6,8,11H2,1-4H3. The number of pyridine rings is 1. The van der Waals surface area contributed by atoms with Gasteiger partial charge in [-0.25, -0.2) is 0 Å². The van der Waals surface area contributed by atoms with Gasteiger partial charge < -0.3 is 10.1 Å². The lowest BCUT2D eigenvalue weighted by molar-refractivity contribution is -0.0143. The van der Waals surface area contributed by atoms with Crippen molar-refractivity contribution in [1.82, 2.24) is 10.3 Å². The highest BCUT2D eigenvalue weighted by atomic mass is 79.9. The predicted molar refractivity (Wildman–Crippen MR) is 83.4 cm³/mol. The minimum absolute atomic E-state index is 0.0956. The highest BCUT2D eigenvalue weighted by molar-refractivity contribution is 9.10. The lowest BCUT2D eigenvalue weighted by Gasteiger charge is -2.25. The molecule has 0 aliphatic heterocycles. The SMILES string of the molecule is CCCNC(COC(C)(C)C)Cc1cncc(Br)c1. The molecule has 1 heterocycles. The fourth-order valence-electron chi connectivity index (χ4n) is 1.74. The van der Waals surface area contributed by atoms with Crippen molar-refractivity contribution in [2.24, 2.45) is 0 Å². The molecule has 0 saturated carbocycles. The van der Waals surface area contributed by atoms with Crippen molar-refractivity contribution in [3.05, 3.63) is 28.5 Å². The lowest BCUT2D eigenvalue weighted by Crippen LogP contribution is -2.38. The number of aromatic nitrogens is 1. The highest BCUT2D eigenvalue weighted by Gasteiger charge is 2.15.